The fraction of sp³-hybridized carbons (Fsp3) is 0.146. The molecule has 1 aromatic heterocycles. The lowest BCUT2D eigenvalue weighted by molar-refractivity contribution is 0.661. The van der Waals surface area contributed by atoms with Crippen molar-refractivity contribution in [1.29, 1.82) is 5.26 Å². The van der Waals surface area contributed by atoms with Gasteiger partial charge in [-0.2, -0.15) is 5.26 Å². The summed E-state index contributed by atoms with van der Waals surface area (Å²) in [5.41, 5.74) is 11.9. The lowest BCUT2D eigenvalue weighted by Gasteiger charge is -2.24. The molecule has 3 aliphatic carbocycles. The van der Waals surface area contributed by atoms with Gasteiger partial charge in [-0.15, -0.1) is 0 Å². The van der Waals surface area contributed by atoms with Crippen LogP contribution in [0.5, 0.6) is 0 Å². The van der Waals surface area contributed by atoms with Crippen molar-refractivity contribution in [2.75, 3.05) is 0 Å². The molecule has 3 aromatic carbocycles. The Kier molecular flexibility index (Phi) is 6.41. The fourth-order valence-electron chi connectivity index (χ4n) is 7.19. The standard InChI is InChI=1S/C41H34N2/c1-4-31(17-10-11-25-41(30-15-6-5-7-16-30)26-13-14-29(28-42)24-27-41)43-36-21-12-19-33(36)39-37(43)23-22-35-38(39)32-18-8-9-20-34(32)40(35,2)3/h4-9,11-18,20-27H,1,10,19H2,2-3H3/b25-11?,31-17+. The third-order valence-corrected chi connectivity index (χ3v) is 9.33. The van der Waals surface area contributed by atoms with Crippen molar-refractivity contribution in [1.82, 2.24) is 4.57 Å². The van der Waals surface area contributed by atoms with E-state index in [1.54, 1.807) is 0 Å². The lowest BCUT2D eigenvalue weighted by Crippen LogP contribution is -2.17. The van der Waals surface area contributed by atoms with E-state index in [-0.39, 0.29) is 5.41 Å². The van der Waals surface area contributed by atoms with Gasteiger partial charge >= 0.3 is 0 Å². The molecule has 43 heavy (non-hydrogen) atoms. The summed E-state index contributed by atoms with van der Waals surface area (Å²) in [6.07, 6.45) is 25.0. The minimum Gasteiger partial charge on any atom is -0.310 e. The van der Waals surface area contributed by atoms with E-state index in [4.69, 9.17) is 0 Å². The monoisotopic (exact) mass is 554 g/mol. The van der Waals surface area contributed by atoms with Gasteiger partial charge in [-0.05, 0) is 76.6 Å². The Bertz CT molecular complexity index is 2010. The summed E-state index contributed by atoms with van der Waals surface area (Å²) in [6, 6.07) is 26.3. The van der Waals surface area contributed by atoms with Gasteiger partial charge in [0.15, 0.2) is 0 Å². The van der Waals surface area contributed by atoms with E-state index in [2.05, 4.69) is 134 Å². The first kappa shape index (κ1) is 26.7. The molecule has 4 aromatic rings. The summed E-state index contributed by atoms with van der Waals surface area (Å²) < 4.78 is 2.39. The van der Waals surface area contributed by atoms with E-state index in [9.17, 15) is 5.26 Å². The van der Waals surface area contributed by atoms with Crippen LogP contribution >= 0.6 is 0 Å². The van der Waals surface area contributed by atoms with Crippen molar-refractivity contribution >= 4 is 22.7 Å². The molecule has 2 heteroatoms. The largest absolute Gasteiger partial charge is 0.310 e. The van der Waals surface area contributed by atoms with Crippen LogP contribution in [0.4, 0.5) is 0 Å². The average molecular weight is 555 g/mol. The zero-order valence-electron chi connectivity index (χ0n) is 24.7. The topological polar surface area (TPSA) is 28.7 Å². The van der Waals surface area contributed by atoms with Crippen molar-refractivity contribution in [3.63, 3.8) is 0 Å². The van der Waals surface area contributed by atoms with Crippen LogP contribution in [0.2, 0.25) is 0 Å². The molecule has 3 aliphatic rings. The summed E-state index contributed by atoms with van der Waals surface area (Å²) in [5, 5.41) is 10.8. The maximum absolute atomic E-state index is 9.47. The van der Waals surface area contributed by atoms with Crippen LogP contribution in [0.25, 0.3) is 33.8 Å². The molecule has 1 atom stereocenters. The molecule has 0 N–H and O–H groups in total. The van der Waals surface area contributed by atoms with Crippen LogP contribution in [-0.4, -0.2) is 4.57 Å². The Morgan fingerprint density at radius 2 is 1.79 bits per heavy atom. The van der Waals surface area contributed by atoms with Crippen molar-refractivity contribution in [3.8, 4) is 17.2 Å². The number of rotatable bonds is 6. The molecule has 0 bridgehead atoms. The van der Waals surface area contributed by atoms with Gasteiger partial charge in [-0.3, -0.25) is 0 Å². The Hall–Kier alpha value is -5.13. The van der Waals surface area contributed by atoms with E-state index >= 15 is 0 Å². The second kappa shape index (κ2) is 10.3. The zero-order chi connectivity index (χ0) is 29.6. The second-order valence-electron chi connectivity index (χ2n) is 12.1. The van der Waals surface area contributed by atoms with E-state index in [0.717, 1.165) is 24.1 Å². The number of hydrogen-bond donors (Lipinski definition) is 0. The first-order valence-electron chi connectivity index (χ1n) is 15.0. The van der Waals surface area contributed by atoms with Gasteiger partial charge < -0.3 is 4.57 Å². The molecule has 0 fully saturated rings. The number of benzene rings is 3. The molecule has 208 valence electrons. The quantitative estimate of drug-likeness (QED) is 0.172. The zero-order valence-corrected chi connectivity index (χ0v) is 24.7. The number of aromatic nitrogens is 1. The highest BCUT2D eigenvalue weighted by molar-refractivity contribution is 6.07. The molecule has 2 nitrogen and oxygen atoms in total. The molecule has 0 spiro atoms. The predicted molar refractivity (Wildman–Crippen MR) is 181 cm³/mol. The summed E-state index contributed by atoms with van der Waals surface area (Å²) in [6.45, 7) is 8.93. The van der Waals surface area contributed by atoms with Crippen LogP contribution in [0.1, 0.15) is 48.2 Å². The Balaban J connectivity index is 1.30. The van der Waals surface area contributed by atoms with Crippen LogP contribution in [0, 0.1) is 11.3 Å². The Morgan fingerprint density at radius 3 is 2.60 bits per heavy atom. The number of hydrogen-bond acceptors (Lipinski definition) is 1. The summed E-state index contributed by atoms with van der Waals surface area (Å²) in [7, 11) is 0. The van der Waals surface area contributed by atoms with Gasteiger partial charge in [0.25, 0.3) is 0 Å². The van der Waals surface area contributed by atoms with Crippen LogP contribution < -0.4 is 0 Å². The Labute approximate surface area is 254 Å². The third kappa shape index (κ3) is 4.16. The number of allylic oxidation sites excluding steroid dienone is 12. The smallest absolute Gasteiger partial charge is 0.0991 e. The van der Waals surface area contributed by atoms with Crippen LogP contribution in [-0.2, 0) is 17.3 Å². The average Bonchev–Trinajstić information content (AvgIpc) is 3.63. The normalized spacial score (nSPS) is 19.7. The first-order valence-corrected chi connectivity index (χ1v) is 15.0. The van der Waals surface area contributed by atoms with Crippen molar-refractivity contribution < 1.29 is 0 Å². The molecule has 1 heterocycles. The summed E-state index contributed by atoms with van der Waals surface area (Å²) >= 11 is 0. The van der Waals surface area contributed by atoms with E-state index in [1.165, 1.54) is 44.4 Å². The van der Waals surface area contributed by atoms with Crippen LogP contribution in [0.15, 0.2) is 140 Å². The van der Waals surface area contributed by atoms with Crippen LogP contribution in [0.3, 0.4) is 0 Å². The lowest BCUT2D eigenvalue weighted by atomic mass is 9.79. The fourth-order valence-corrected chi connectivity index (χ4v) is 7.19. The van der Waals surface area contributed by atoms with Gasteiger partial charge in [-0.25, -0.2) is 0 Å². The van der Waals surface area contributed by atoms with E-state index in [1.807, 2.05) is 30.4 Å². The van der Waals surface area contributed by atoms with Crippen molar-refractivity contribution in [3.05, 3.63) is 168 Å². The van der Waals surface area contributed by atoms with Gasteiger partial charge in [0.1, 0.15) is 0 Å². The summed E-state index contributed by atoms with van der Waals surface area (Å²) in [4.78, 5) is 0. The first-order chi connectivity index (χ1) is 21.0. The maximum atomic E-state index is 9.47. The highest BCUT2D eigenvalue weighted by Gasteiger charge is 2.38. The maximum Gasteiger partial charge on any atom is 0.0991 e. The second-order valence-corrected chi connectivity index (χ2v) is 12.1. The van der Waals surface area contributed by atoms with Gasteiger partial charge in [-0.1, -0.05) is 124 Å². The molecule has 0 radical (unpaired) electrons. The molecular formula is C41H34N2. The van der Waals surface area contributed by atoms with Gasteiger partial charge in [0.2, 0.25) is 0 Å². The van der Waals surface area contributed by atoms with Gasteiger partial charge in [0, 0.05) is 21.9 Å². The SMILES string of the molecule is C=C/C(=C\CC=CC1(c2ccccc2)C=CC=C(C#N)C=C1)n1c2c(c3c4c(ccc31)C(C)(C)c1ccccc1-4)CC=C2. The van der Waals surface area contributed by atoms with E-state index in [0.29, 0.717) is 5.57 Å². The minimum absolute atomic E-state index is 0.0256. The van der Waals surface area contributed by atoms with Crippen molar-refractivity contribution in [2.45, 2.75) is 37.5 Å². The molecule has 1 unspecified atom stereocenters. The highest BCUT2D eigenvalue weighted by atomic mass is 15.0. The number of fused-ring (bicyclic) bond motifs is 7. The summed E-state index contributed by atoms with van der Waals surface area (Å²) in [5.74, 6) is 0. The van der Waals surface area contributed by atoms with E-state index < -0.39 is 5.41 Å². The van der Waals surface area contributed by atoms with Gasteiger partial charge in [0.05, 0.1) is 22.9 Å². The minimum atomic E-state index is -0.427. The number of nitrogens with zero attached hydrogens (tertiary/aromatic N) is 2. The van der Waals surface area contributed by atoms with Crippen molar-refractivity contribution in [2.24, 2.45) is 0 Å². The molecule has 0 amide bonds. The molecule has 0 saturated carbocycles. The Morgan fingerprint density at radius 1 is 0.977 bits per heavy atom. The highest BCUT2D eigenvalue weighted by Crippen LogP contribution is 2.53. The predicted octanol–water partition coefficient (Wildman–Crippen LogP) is 10.0. The number of nitriles is 1. The molecular weight excluding hydrogens is 520 g/mol. The molecule has 0 saturated heterocycles. The molecule has 7 rings (SSSR count). The third-order valence-electron chi connectivity index (χ3n) is 9.33. The molecule has 0 aliphatic heterocycles.